The molecule has 3 N–H and O–H groups in total. The Labute approximate surface area is 146 Å². The molecule has 2 amide bonds. The van der Waals surface area contributed by atoms with Crippen molar-refractivity contribution in [1.29, 1.82) is 0 Å². The maximum Gasteiger partial charge on any atom is 0.407 e. The van der Waals surface area contributed by atoms with Crippen LogP contribution in [0.2, 0.25) is 0 Å². The average Bonchev–Trinajstić information content (AvgIpc) is 2.53. The molecule has 0 bridgehead atoms. The molecule has 1 aromatic carbocycles. The van der Waals surface area contributed by atoms with Crippen LogP contribution in [0.4, 0.5) is 32.4 Å². The van der Waals surface area contributed by atoms with Gasteiger partial charge in [0.2, 0.25) is 11.7 Å². The lowest BCUT2D eigenvalue weighted by molar-refractivity contribution is -0.120. The van der Waals surface area contributed by atoms with E-state index < -0.39 is 52.4 Å². The number of carbonyl (C=O) groups is 2. The fourth-order valence-electron chi connectivity index (χ4n) is 1.66. The minimum absolute atomic E-state index is 0.0743. The number of anilines is 1. The molecule has 0 atom stereocenters. The number of hydrogen-bond acceptors (Lipinski definition) is 4. The molecule has 1 aromatic rings. The molecular weight excluding hydrogens is 365 g/mol. The second-order valence-corrected chi connectivity index (χ2v) is 6.15. The molecule has 0 radical (unpaired) electrons. The van der Waals surface area contributed by atoms with Crippen molar-refractivity contribution >= 4 is 17.7 Å². The zero-order valence-corrected chi connectivity index (χ0v) is 14.2. The predicted molar refractivity (Wildman–Crippen MR) is 81.5 cm³/mol. The van der Waals surface area contributed by atoms with Gasteiger partial charge in [0.05, 0.1) is 0 Å². The van der Waals surface area contributed by atoms with E-state index in [0.29, 0.717) is 0 Å². The summed E-state index contributed by atoms with van der Waals surface area (Å²) in [5.41, 5.74) is 1.42. The van der Waals surface area contributed by atoms with E-state index in [9.17, 15) is 31.5 Å². The molecule has 0 unspecified atom stereocenters. The summed E-state index contributed by atoms with van der Waals surface area (Å²) in [5.74, 6) is -11.6. The number of ether oxygens (including phenoxy) is 1. The highest BCUT2D eigenvalue weighted by molar-refractivity contribution is 5.77. The SMILES string of the molecule is CC(C)(C)OC(=O)NCCCC(=O)NNc1c(F)c(F)c(F)c(F)c1F. The van der Waals surface area contributed by atoms with Crippen molar-refractivity contribution in [1.82, 2.24) is 10.7 Å². The first-order valence-electron chi connectivity index (χ1n) is 7.47. The molecule has 0 aliphatic carbocycles. The van der Waals surface area contributed by atoms with Crippen LogP contribution in [-0.4, -0.2) is 24.1 Å². The van der Waals surface area contributed by atoms with E-state index in [0.717, 1.165) is 0 Å². The number of halogens is 5. The van der Waals surface area contributed by atoms with Crippen molar-refractivity contribution in [2.24, 2.45) is 0 Å². The van der Waals surface area contributed by atoms with Crippen molar-refractivity contribution in [2.45, 2.75) is 39.2 Å². The average molecular weight is 383 g/mol. The topological polar surface area (TPSA) is 79.5 Å². The Kier molecular flexibility index (Phi) is 7.16. The minimum atomic E-state index is -2.30. The first-order valence-corrected chi connectivity index (χ1v) is 7.47. The number of hydrazine groups is 1. The number of alkyl carbamates (subject to hydrolysis) is 1. The van der Waals surface area contributed by atoms with Crippen LogP contribution in [0.15, 0.2) is 0 Å². The van der Waals surface area contributed by atoms with E-state index in [1.54, 1.807) is 26.2 Å². The largest absolute Gasteiger partial charge is 0.444 e. The van der Waals surface area contributed by atoms with Crippen LogP contribution in [0, 0.1) is 29.1 Å². The third-order valence-corrected chi connectivity index (χ3v) is 2.79. The lowest BCUT2D eigenvalue weighted by atomic mass is 10.2. The van der Waals surface area contributed by atoms with Gasteiger partial charge in [0, 0.05) is 13.0 Å². The van der Waals surface area contributed by atoms with Crippen molar-refractivity contribution in [3.8, 4) is 0 Å². The van der Waals surface area contributed by atoms with Gasteiger partial charge in [-0.2, -0.15) is 0 Å². The molecule has 6 nitrogen and oxygen atoms in total. The van der Waals surface area contributed by atoms with Gasteiger partial charge in [-0.05, 0) is 27.2 Å². The second kappa shape index (κ2) is 8.68. The molecule has 11 heteroatoms. The summed E-state index contributed by atoms with van der Waals surface area (Å²) < 4.78 is 70.6. The van der Waals surface area contributed by atoms with Crippen LogP contribution in [0.3, 0.4) is 0 Å². The van der Waals surface area contributed by atoms with Crippen molar-refractivity contribution in [3.63, 3.8) is 0 Å². The fourth-order valence-corrected chi connectivity index (χ4v) is 1.66. The summed E-state index contributed by atoms with van der Waals surface area (Å²) in [4.78, 5) is 22.9. The van der Waals surface area contributed by atoms with Gasteiger partial charge in [-0.3, -0.25) is 15.6 Å². The summed E-state index contributed by atoms with van der Waals surface area (Å²) in [6, 6.07) is 0. The van der Waals surface area contributed by atoms with Gasteiger partial charge in [0.15, 0.2) is 23.3 Å². The Morgan fingerprint density at radius 3 is 1.92 bits per heavy atom. The van der Waals surface area contributed by atoms with Gasteiger partial charge in [0.25, 0.3) is 0 Å². The molecule has 0 aromatic heterocycles. The summed E-state index contributed by atoms with van der Waals surface area (Å²) in [7, 11) is 0. The quantitative estimate of drug-likeness (QED) is 0.232. The number of nitrogens with one attached hydrogen (secondary N) is 3. The summed E-state index contributed by atoms with van der Waals surface area (Å²) in [6.07, 6.45) is -0.736. The first kappa shape index (κ1) is 21.5. The van der Waals surface area contributed by atoms with E-state index in [4.69, 9.17) is 4.74 Å². The molecule has 1 rings (SSSR count). The Morgan fingerprint density at radius 2 is 1.42 bits per heavy atom. The van der Waals surface area contributed by atoms with Gasteiger partial charge >= 0.3 is 6.09 Å². The highest BCUT2D eigenvalue weighted by Crippen LogP contribution is 2.26. The van der Waals surface area contributed by atoms with Crippen LogP contribution in [0.5, 0.6) is 0 Å². The first-order chi connectivity index (χ1) is 11.9. The number of benzene rings is 1. The van der Waals surface area contributed by atoms with Gasteiger partial charge < -0.3 is 10.1 Å². The van der Waals surface area contributed by atoms with E-state index >= 15 is 0 Å². The lowest BCUT2D eigenvalue weighted by Crippen LogP contribution is -2.34. The smallest absolute Gasteiger partial charge is 0.407 e. The molecule has 0 saturated heterocycles. The number of hydrogen-bond donors (Lipinski definition) is 3. The molecule has 146 valence electrons. The third kappa shape index (κ3) is 6.05. The van der Waals surface area contributed by atoms with Gasteiger partial charge in [0.1, 0.15) is 11.3 Å². The van der Waals surface area contributed by atoms with Crippen molar-refractivity contribution in [3.05, 3.63) is 29.1 Å². The summed E-state index contributed by atoms with van der Waals surface area (Å²) >= 11 is 0. The van der Waals surface area contributed by atoms with Crippen LogP contribution < -0.4 is 16.2 Å². The molecule has 0 aliphatic heterocycles. The molecular formula is C15H18F5N3O3. The fraction of sp³-hybridized carbons (Fsp3) is 0.467. The van der Waals surface area contributed by atoms with Crippen molar-refractivity contribution in [2.75, 3.05) is 12.0 Å². The van der Waals surface area contributed by atoms with Crippen LogP contribution in [0.25, 0.3) is 0 Å². The third-order valence-electron chi connectivity index (χ3n) is 2.79. The number of amides is 2. The molecule has 0 spiro atoms. The Hall–Kier alpha value is -2.59. The Morgan fingerprint density at radius 1 is 0.923 bits per heavy atom. The zero-order valence-electron chi connectivity index (χ0n) is 14.2. The standard InChI is InChI=1S/C15H18F5N3O3/c1-15(2,3)26-14(25)21-6-4-5-7(24)22-23-13-11(19)9(17)8(16)10(18)12(13)20/h23H,4-6H2,1-3H3,(H,21,25)(H,22,24). The van der Waals surface area contributed by atoms with Gasteiger partial charge in [-0.25, -0.2) is 26.7 Å². The van der Waals surface area contributed by atoms with E-state index in [-0.39, 0.29) is 19.4 Å². The van der Waals surface area contributed by atoms with Crippen molar-refractivity contribution < 1.29 is 36.3 Å². The minimum Gasteiger partial charge on any atom is -0.444 e. The maximum absolute atomic E-state index is 13.4. The highest BCUT2D eigenvalue weighted by Gasteiger charge is 2.26. The monoisotopic (exact) mass is 383 g/mol. The Bertz CT molecular complexity index is 663. The van der Waals surface area contributed by atoms with Crippen LogP contribution in [-0.2, 0) is 9.53 Å². The molecule has 26 heavy (non-hydrogen) atoms. The lowest BCUT2D eigenvalue weighted by Gasteiger charge is -2.19. The van der Waals surface area contributed by atoms with E-state index in [1.807, 2.05) is 5.43 Å². The second-order valence-electron chi connectivity index (χ2n) is 6.15. The normalized spacial score (nSPS) is 11.1. The molecule has 0 heterocycles. The zero-order chi connectivity index (χ0) is 20.1. The van der Waals surface area contributed by atoms with E-state index in [1.165, 1.54) is 0 Å². The van der Waals surface area contributed by atoms with Crippen LogP contribution in [0.1, 0.15) is 33.6 Å². The van der Waals surface area contributed by atoms with E-state index in [2.05, 4.69) is 5.32 Å². The van der Waals surface area contributed by atoms with Gasteiger partial charge in [-0.15, -0.1) is 0 Å². The van der Waals surface area contributed by atoms with Crippen LogP contribution >= 0.6 is 0 Å². The summed E-state index contributed by atoms with van der Waals surface area (Å²) in [5, 5.41) is 2.39. The number of rotatable bonds is 6. The highest BCUT2D eigenvalue weighted by atomic mass is 19.2. The molecule has 0 fully saturated rings. The molecule has 0 aliphatic rings. The predicted octanol–water partition coefficient (Wildman–Crippen LogP) is 3.13. The Balaban J connectivity index is 2.46. The molecule has 0 saturated carbocycles. The number of carbonyl (C=O) groups excluding carboxylic acids is 2. The van der Waals surface area contributed by atoms with Gasteiger partial charge in [-0.1, -0.05) is 0 Å². The maximum atomic E-state index is 13.4. The summed E-state index contributed by atoms with van der Waals surface area (Å²) in [6.45, 7) is 5.09.